The summed E-state index contributed by atoms with van der Waals surface area (Å²) in [5, 5.41) is 0. The van der Waals surface area contributed by atoms with Crippen LogP contribution in [0.5, 0.6) is 0 Å². The molecule has 1 heterocycles. The zero-order chi connectivity index (χ0) is 5.82. The second kappa shape index (κ2) is 2.76. The summed E-state index contributed by atoms with van der Waals surface area (Å²) in [6.07, 6.45) is -0.275. The molecule has 0 spiro atoms. The van der Waals surface area contributed by atoms with Crippen LogP contribution >= 0.6 is 0 Å². The van der Waals surface area contributed by atoms with Gasteiger partial charge in [-0.2, -0.15) is 4.89 Å². The summed E-state index contributed by atoms with van der Waals surface area (Å²) in [5.41, 5.74) is 0. The lowest BCUT2D eigenvalue weighted by molar-refractivity contribution is -0.399. The molecule has 1 unspecified atom stereocenters. The lowest BCUT2D eigenvalue weighted by Crippen LogP contribution is -2.27. The summed E-state index contributed by atoms with van der Waals surface area (Å²) >= 11 is 0. The van der Waals surface area contributed by atoms with E-state index in [9.17, 15) is 4.79 Å². The van der Waals surface area contributed by atoms with Crippen LogP contribution in [-0.2, 0) is 19.3 Å². The lowest BCUT2D eigenvalue weighted by atomic mass is 10.7. The highest BCUT2D eigenvalue weighted by Crippen LogP contribution is 1.97. The van der Waals surface area contributed by atoms with Gasteiger partial charge in [-0.25, -0.2) is 4.89 Å². The fourth-order valence-electron chi connectivity index (χ4n) is 0.403. The second-order valence-corrected chi connectivity index (χ2v) is 1.29. The third kappa shape index (κ3) is 1.26. The Labute approximate surface area is 46.3 Å². The summed E-state index contributed by atoms with van der Waals surface area (Å²) in [7, 11) is 0. The lowest BCUT2D eigenvalue weighted by Gasteiger charge is -2.15. The maximum atomic E-state index is 9.83. The summed E-state index contributed by atoms with van der Waals surface area (Å²) in [6.45, 7) is 0.813. The average Bonchev–Trinajstić information content (AvgIpc) is 1.90. The van der Waals surface area contributed by atoms with Crippen LogP contribution < -0.4 is 0 Å². The first-order valence-corrected chi connectivity index (χ1v) is 2.28. The Bertz CT molecular complexity index is 76.1. The second-order valence-electron chi connectivity index (χ2n) is 1.29. The Morgan fingerprint density at radius 1 is 1.50 bits per heavy atom. The van der Waals surface area contributed by atoms with Gasteiger partial charge in [-0.15, -0.1) is 0 Å². The predicted molar refractivity (Wildman–Crippen MR) is 22.8 cm³/mol. The van der Waals surface area contributed by atoms with Crippen LogP contribution in [0.2, 0.25) is 0 Å². The fourth-order valence-corrected chi connectivity index (χ4v) is 0.403. The van der Waals surface area contributed by atoms with Crippen molar-refractivity contribution in [2.24, 2.45) is 0 Å². The SMILES string of the molecule is O=CC1OCCOO1. The third-order valence-corrected chi connectivity index (χ3v) is 0.723. The minimum absolute atomic E-state index is 0.393. The van der Waals surface area contributed by atoms with Gasteiger partial charge in [0.25, 0.3) is 0 Å². The number of carbonyl (C=O) groups is 1. The van der Waals surface area contributed by atoms with Crippen LogP contribution in [0.3, 0.4) is 0 Å². The highest BCUT2D eigenvalue weighted by atomic mass is 17.2. The topological polar surface area (TPSA) is 44.8 Å². The van der Waals surface area contributed by atoms with Crippen LogP contribution in [-0.4, -0.2) is 25.8 Å². The molecule has 0 amide bonds. The summed E-state index contributed by atoms with van der Waals surface area (Å²) in [5.74, 6) is 0. The molecule has 1 fully saturated rings. The summed E-state index contributed by atoms with van der Waals surface area (Å²) in [6, 6.07) is 0. The van der Waals surface area contributed by atoms with E-state index in [0.29, 0.717) is 19.5 Å². The molecule has 1 saturated heterocycles. The van der Waals surface area contributed by atoms with Gasteiger partial charge in [0.1, 0.15) is 6.61 Å². The molecule has 0 radical (unpaired) electrons. The largest absolute Gasteiger partial charge is 0.342 e. The molecule has 1 aliphatic rings. The number of aldehydes is 1. The first-order valence-electron chi connectivity index (χ1n) is 2.28. The number of ether oxygens (including phenoxy) is 1. The minimum atomic E-state index is -0.816. The van der Waals surface area contributed by atoms with Gasteiger partial charge in [0.15, 0.2) is 6.29 Å². The minimum Gasteiger partial charge on any atom is -0.342 e. The molecule has 0 aromatic carbocycles. The van der Waals surface area contributed by atoms with Crippen molar-refractivity contribution in [1.82, 2.24) is 0 Å². The molecule has 0 bridgehead atoms. The molecule has 1 atom stereocenters. The van der Waals surface area contributed by atoms with Gasteiger partial charge in [0.05, 0.1) is 6.61 Å². The van der Waals surface area contributed by atoms with Gasteiger partial charge in [-0.1, -0.05) is 0 Å². The van der Waals surface area contributed by atoms with Crippen LogP contribution in [0, 0.1) is 0 Å². The zero-order valence-corrected chi connectivity index (χ0v) is 4.20. The van der Waals surface area contributed by atoms with Crippen LogP contribution in [0.4, 0.5) is 0 Å². The molecular formula is C4H6O4. The molecule has 0 saturated carbocycles. The van der Waals surface area contributed by atoms with E-state index in [1.165, 1.54) is 0 Å². The van der Waals surface area contributed by atoms with Crippen molar-refractivity contribution in [3.8, 4) is 0 Å². The molecule has 46 valence electrons. The Morgan fingerprint density at radius 3 is 2.75 bits per heavy atom. The summed E-state index contributed by atoms with van der Waals surface area (Å²) < 4.78 is 4.71. The third-order valence-electron chi connectivity index (χ3n) is 0.723. The van der Waals surface area contributed by atoms with Gasteiger partial charge in [-0.3, -0.25) is 4.79 Å². The number of rotatable bonds is 1. The molecule has 1 rings (SSSR count). The normalized spacial score (nSPS) is 29.8. The van der Waals surface area contributed by atoms with E-state index in [2.05, 4.69) is 9.78 Å². The van der Waals surface area contributed by atoms with E-state index >= 15 is 0 Å². The van der Waals surface area contributed by atoms with Crippen molar-refractivity contribution in [2.75, 3.05) is 13.2 Å². The molecule has 0 aromatic rings. The molecule has 1 aliphatic heterocycles. The van der Waals surface area contributed by atoms with Crippen molar-refractivity contribution >= 4 is 6.29 Å². The van der Waals surface area contributed by atoms with E-state index in [4.69, 9.17) is 4.74 Å². The standard InChI is InChI=1S/C4H6O4/c5-3-4-6-1-2-7-8-4/h3-4H,1-2H2. The average molecular weight is 118 g/mol. The molecule has 4 nitrogen and oxygen atoms in total. The van der Waals surface area contributed by atoms with Gasteiger partial charge in [-0.05, 0) is 0 Å². The zero-order valence-electron chi connectivity index (χ0n) is 4.20. The molecule has 4 heteroatoms. The highest BCUT2D eigenvalue weighted by Gasteiger charge is 2.12. The fraction of sp³-hybridized carbons (Fsp3) is 0.750. The first kappa shape index (κ1) is 5.68. The Kier molecular flexibility index (Phi) is 1.96. The van der Waals surface area contributed by atoms with Gasteiger partial charge < -0.3 is 4.74 Å². The van der Waals surface area contributed by atoms with Gasteiger partial charge in [0.2, 0.25) is 6.29 Å². The Balaban J connectivity index is 2.22. The van der Waals surface area contributed by atoms with E-state index in [-0.39, 0.29) is 0 Å². The molecule has 8 heavy (non-hydrogen) atoms. The maximum absolute atomic E-state index is 9.83. The summed E-state index contributed by atoms with van der Waals surface area (Å²) in [4.78, 5) is 18.6. The van der Waals surface area contributed by atoms with Gasteiger partial charge in [0, 0.05) is 0 Å². The number of hydrogen-bond donors (Lipinski definition) is 0. The van der Waals surface area contributed by atoms with Crippen molar-refractivity contribution in [3.05, 3.63) is 0 Å². The molecular weight excluding hydrogens is 112 g/mol. The van der Waals surface area contributed by atoms with Crippen LogP contribution in [0.1, 0.15) is 0 Å². The molecule has 0 aliphatic carbocycles. The van der Waals surface area contributed by atoms with E-state index in [1.54, 1.807) is 0 Å². The van der Waals surface area contributed by atoms with Crippen molar-refractivity contribution < 1.29 is 19.3 Å². The highest BCUT2D eigenvalue weighted by molar-refractivity contribution is 5.53. The predicted octanol–water partition coefficient (Wildman–Crippen LogP) is -0.510. The van der Waals surface area contributed by atoms with Crippen molar-refractivity contribution in [3.63, 3.8) is 0 Å². The molecule has 0 N–H and O–H groups in total. The van der Waals surface area contributed by atoms with Gasteiger partial charge >= 0.3 is 0 Å². The Hall–Kier alpha value is -0.450. The monoisotopic (exact) mass is 118 g/mol. The first-order chi connectivity index (χ1) is 3.93. The van der Waals surface area contributed by atoms with Crippen molar-refractivity contribution in [2.45, 2.75) is 6.29 Å². The maximum Gasteiger partial charge on any atom is 0.247 e. The van der Waals surface area contributed by atoms with E-state index < -0.39 is 6.29 Å². The quantitative estimate of drug-likeness (QED) is 0.343. The van der Waals surface area contributed by atoms with E-state index in [1.807, 2.05) is 0 Å². The number of hydrogen-bond acceptors (Lipinski definition) is 4. The van der Waals surface area contributed by atoms with E-state index in [0.717, 1.165) is 0 Å². The molecule has 0 aromatic heterocycles. The number of carbonyl (C=O) groups excluding carboxylic acids is 1. The smallest absolute Gasteiger partial charge is 0.247 e. The van der Waals surface area contributed by atoms with Crippen molar-refractivity contribution in [1.29, 1.82) is 0 Å². The van der Waals surface area contributed by atoms with Crippen LogP contribution in [0.25, 0.3) is 0 Å². The van der Waals surface area contributed by atoms with Crippen LogP contribution in [0.15, 0.2) is 0 Å². The Morgan fingerprint density at radius 2 is 2.38 bits per heavy atom.